The Balaban J connectivity index is 0. The topological polar surface area (TPSA) is 77.4 Å². The molecule has 0 fully saturated rings. The molecule has 1 N–H and O–H groups in total. The number of hydrogen-bond acceptors (Lipinski definition) is 4. The second kappa shape index (κ2) is 17.9. The van der Waals surface area contributed by atoms with Crippen molar-refractivity contribution < 1.29 is 69.5 Å². The summed E-state index contributed by atoms with van der Waals surface area (Å²) in [5.41, 5.74) is 0. The molecule has 0 bridgehead atoms. The molecule has 0 aromatic carbocycles. The molecule has 0 amide bonds. The maximum atomic E-state index is 11.1. The summed E-state index contributed by atoms with van der Waals surface area (Å²) in [5, 5.41) is 8.81. The molecule has 24 heavy (non-hydrogen) atoms. The molecule has 0 saturated carbocycles. The second-order valence-corrected chi connectivity index (χ2v) is 8.30. The van der Waals surface area contributed by atoms with Crippen LogP contribution in [0.1, 0.15) is 104 Å². The minimum atomic E-state index is -4.39. The van der Waals surface area contributed by atoms with Gasteiger partial charge < -0.3 is 9.66 Å². The van der Waals surface area contributed by atoms with Crippen molar-refractivity contribution in [2.45, 2.75) is 115 Å². The van der Waals surface area contributed by atoms with Gasteiger partial charge in [0.25, 0.3) is 0 Å². The fourth-order valence-electron chi connectivity index (χ4n) is 3.02. The smallest absolute Gasteiger partial charge is 0.748 e. The molecule has 2 unspecified atom stereocenters. The quantitative estimate of drug-likeness (QED) is 0.248. The van der Waals surface area contributed by atoms with Crippen LogP contribution in [-0.4, -0.2) is 29.4 Å². The van der Waals surface area contributed by atoms with Crippen molar-refractivity contribution >= 4 is 10.1 Å². The van der Waals surface area contributed by atoms with Gasteiger partial charge >= 0.3 is 51.4 Å². The van der Waals surface area contributed by atoms with E-state index in [2.05, 4.69) is 6.92 Å². The number of hydrogen-bond donors (Lipinski definition) is 1. The Morgan fingerprint density at radius 3 is 1.54 bits per heavy atom. The monoisotopic (exact) mass is 388 g/mol. The molecule has 0 aromatic heterocycles. The van der Waals surface area contributed by atoms with Gasteiger partial charge in [-0.25, -0.2) is 8.42 Å². The van der Waals surface area contributed by atoms with E-state index in [0.29, 0.717) is 12.8 Å². The molecule has 0 aliphatic carbocycles. The average Bonchev–Trinajstić information content (AvgIpc) is 2.48. The van der Waals surface area contributed by atoms with Crippen LogP contribution in [0, 0.1) is 0 Å². The average molecular weight is 389 g/mol. The molecule has 4 nitrogen and oxygen atoms in total. The molecule has 2 atom stereocenters. The van der Waals surface area contributed by atoms with E-state index in [4.69, 9.17) is 0 Å². The van der Waals surface area contributed by atoms with Crippen molar-refractivity contribution in [2.75, 3.05) is 0 Å². The van der Waals surface area contributed by atoms with E-state index in [0.717, 1.165) is 19.3 Å². The van der Waals surface area contributed by atoms with Crippen LogP contribution >= 0.6 is 0 Å². The molecule has 140 valence electrons. The van der Waals surface area contributed by atoms with Crippen LogP contribution < -0.4 is 51.4 Å². The first kappa shape index (κ1) is 27.7. The third-order valence-electron chi connectivity index (χ3n) is 4.48. The van der Waals surface area contributed by atoms with E-state index in [1.807, 2.05) is 6.92 Å². The third-order valence-corrected chi connectivity index (χ3v) is 5.77. The summed E-state index contributed by atoms with van der Waals surface area (Å²) in [5.74, 6) is 0. The van der Waals surface area contributed by atoms with E-state index in [-0.39, 0.29) is 57.8 Å². The van der Waals surface area contributed by atoms with Crippen molar-refractivity contribution in [3.8, 4) is 0 Å². The van der Waals surface area contributed by atoms with Crippen molar-refractivity contribution in [3.63, 3.8) is 0 Å². The Hall–Kier alpha value is 1.51. The Kier molecular flexibility index (Phi) is 20.7. The SMILES string of the molecule is CCCCCCCCCCCCCC(O)C(CCC)S(=O)(=O)[O-].[K+]. The van der Waals surface area contributed by atoms with Gasteiger partial charge in [-0.1, -0.05) is 90.9 Å². The summed E-state index contributed by atoms with van der Waals surface area (Å²) in [6.45, 7) is 4.06. The molecule has 0 saturated heterocycles. The summed E-state index contributed by atoms with van der Waals surface area (Å²) in [6.07, 6.45) is 13.7. The molecular formula is C18H37KO4S. The zero-order chi connectivity index (χ0) is 17.6. The van der Waals surface area contributed by atoms with Crippen LogP contribution in [0.5, 0.6) is 0 Å². The van der Waals surface area contributed by atoms with Gasteiger partial charge in [-0.15, -0.1) is 0 Å². The maximum Gasteiger partial charge on any atom is 1.00 e. The minimum Gasteiger partial charge on any atom is -0.748 e. The zero-order valence-electron chi connectivity index (χ0n) is 16.1. The molecule has 0 aliphatic rings. The molecule has 6 heteroatoms. The van der Waals surface area contributed by atoms with Gasteiger partial charge in [0.15, 0.2) is 0 Å². The van der Waals surface area contributed by atoms with Crippen LogP contribution in [0.3, 0.4) is 0 Å². The largest absolute Gasteiger partial charge is 1.00 e. The number of aliphatic hydroxyl groups excluding tert-OH is 1. The van der Waals surface area contributed by atoms with Gasteiger partial charge in [-0.2, -0.15) is 0 Å². The van der Waals surface area contributed by atoms with Gasteiger partial charge in [-0.3, -0.25) is 0 Å². The predicted molar refractivity (Wildman–Crippen MR) is 95.5 cm³/mol. The summed E-state index contributed by atoms with van der Waals surface area (Å²) < 4.78 is 33.4. The third kappa shape index (κ3) is 15.7. The molecule has 0 spiro atoms. The first-order chi connectivity index (χ1) is 10.9. The van der Waals surface area contributed by atoms with Crippen LogP contribution in [0.15, 0.2) is 0 Å². The first-order valence-electron chi connectivity index (χ1n) is 9.56. The fraction of sp³-hybridized carbons (Fsp3) is 1.00. The van der Waals surface area contributed by atoms with Crippen molar-refractivity contribution in [1.82, 2.24) is 0 Å². The Bertz CT molecular complexity index is 360. The van der Waals surface area contributed by atoms with E-state index < -0.39 is 21.5 Å². The van der Waals surface area contributed by atoms with Crippen molar-refractivity contribution in [2.24, 2.45) is 0 Å². The summed E-state index contributed by atoms with van der Waals surface area (Å²) >= 11 is 0. The summed E-state index contributed by atoms with van der Waals surface area (Å²) in [7, 11) is -4.39. The normalized spacial score (nSPS) is 14.2. The van der Waals surface area contributed by atoms with Gasteiger partial charge in [-0.05, 0) is 12.8 Å². The van der Waals surface area contributed by atoms with Crippen LogP contribution in [0.2, 0.25) is 0 Å². The Labute approximate surface area is 192 Å². The second-order valence-electron chi connectivity index (χ2n) is 6.71. The van der Waals surface area contributed by atoms with E-state index >= 15 is 0 Å². The van der Waals surface area contributed by atoms with Gasteiger partial charge in [0, 0.05) is 0 Å². The number of unbranched alkanes of at least 4 members (excludes halogenated alkanes) is 10. The van der Waals surface area contributed by atoms with Crippen molar-refractivity contribution in [3.05, 3.63) is 0 Å². The van der Waals surface area contributed by atoms with Gasteiger partial charge in [0.2, 0.25) is 0 Å². The Morgan fingerprint density at radius 2 is 1.17 bits per heavy atom. The molecule has 0 heterocycles. The maximum absolute atomic E-state index is 11.1. The van der Waals surface area contributed by atoms with Crippen molar-refractivity contribution in [1.29, 1.82) is 0 Å². The fourth-order valence-corrected chi connectivity index (χ4v) is 4.06. The minimum absolute atomic E-state index is 0. The van der Waals surface area contributed by atoms with Crippen LogP contribution in [0.4, 0.5) is 0 Å². The standard InChI is InChI=1S/C18H38O4S.K/c1-3-5-6-7-8-9-10-11-12-13-14-16-17(19)18(15-4-2)23(20,21)22;/h17-19H,3-16H2,1-2H3,(H,20,21,22);/q;+1/p-1. The van der Waals surface area contributed by atoms with Crippen LogP contribution in [0.25, 0.3) is 0 Å². The van der Waals surface area contributed by atoms with E-state index in [1.54, 1.807) is 0 Å². The van der Waals surface area contributed by atoms with E-state index in [1.165, 1.54) is 51.4 Å². The molecule has 0 radical (unpaired) electrons. The molecular weight excluding hydrogens is 351 g/mol. The Morgan fingerprint density at radius 1 is 0.750 bits per heavy atom. The van der Waals surface area contributed by atoms with Gasteiger partial charge in [0.05, 0.1) is 11.4 Å². The number of rotatable bonds is 16. The van der Waals surface area contributed by atoms with Crippen LogP contribution in [-0.2, 0) is 10.1 Å². The summed E-state index contributed by atoms with van der Waals surface area (Å²) in [6, 6.07) is 0. The van der Waals surface area contributed by atoms with Gasteiger partial charge in [0.1, 0.15) is 10.1 Å². The molecule has 0 aliphatic heterocycles. The predicted octanol–water partition coefficient (Wildman–Crippen LogP) is 1.77. The molecule has 0 aromatic rings. The zero-order valence-corrected chi connectivity index (χ0v) is 20.1. The number of aliphatic hydroxyl groups is 1. The van der Waals surface area contributed by atoms with E-state index in [9.17, 15) is 18.1 Å². The summed E-state index contributed by atoms with van der Waals surface area (Å²) in [4.78, 5) is 0. The molecule has 0 rings (SSSR count). The first-order valence-corrected chi connectivity index (χ1v) is 11.0.